The van der Waals surface area contributed by atoms with Gasteiger partial charge in [0.25, 0.3) is 0 Å². The summed E-state index contributed by atoms with van der Waals surface area (Å²) in [6.45, 7) is 0.936. The van der Waals surface area contributed by atoms with E-state index in [2.05, 4.69) is 20.4 Å². The van der Waals surface area contributed by atoms with Gasteiger partial charge >= 0.3 is 12.2 Å². The maximum atomic E-state index is 12.7. The van der Waals surface area contributed by atoms with Crippen molar-refractivity contribution in [2.24, 2.45) is 0 Å². The smallest absolute Gasteiger partial charge is 0.339 e. The van der Waals surface area contributed by atoms with E-state index in [1.54, 1.807) is 47.5 Å². The number of halogens is 3. The van der Waals surface area contributed by atoms with Crippen LogP contribution in [0.1, 0.15) is 24.7 Å². The van der Waals surface area contributed by atoms with Crippen molar-refractivity contribution in [1.82, 2.24) is 20.0 Å². The molecule has 0 unspecified atom stereocenters. The summed E-state index contributed by atoms with van der Waals surface area (Å²) in [7, 11) is 0. The SMILES string of the molecule is O=C(Nc1ccccc1SCC(F)(F)F)N1CCC(c2nc(-c3ccccn3)no2)CC1. The summed E-state index contributed by atoms with van der Waals surface area (Å²) in [6.07, 6.45) is -1.35. The van der Waals surface area contributed by atoms with Crippen molar-refractivity contribution in [1.29, 1.82) is 0 Å². The molecule has 2 aromatic heterocycles. The van der Waals surface area contributed by atoms with Crippen molar-refractivity contribution < 1.29 is 22.5 Å². The fraction of sp³-hybridized carbons (Fsp3) is 0.333. The lowest BCUT2D eigenvalue weighted by molar-refractivity contribution is -0.105. The number of carbonyl (C=O) groups excluding carboxylic acids is 1. The first-order chi connectivity index (χ1) is 15.4. The number of aromatic nitrogens is 3. The Morgan fingerprint density at radius 1 is 1.16 bits per heavy atom. The number of hydrogen-bond donors (Lipinski definition) is 1. The van der Waals surface area contributed by atoms with Gasteiger partial charge in [0.15, 0.2) is 0 Å². The largest absolute Gasteiger partial charge is 0.398 e. The molecule has 1 saturated heterocycles. The molecule has 1 aromatic carbocycles. The van der Waals surface area contributed by atoms with Crippen molar-refractivity contribution in [3.8, 4) is 11.5 Å². The number of hydrogen-bond acceptors (Lipinski definition) is 6. The van der Waals surface area contributed by atoms with E-state index in [0.717, 1.165) is 0 Å². The van der Waals surface area contributed by atoms with Gasteiger partial charge in [-0.15, -0.1) is 11.8 Å². The summed E-state index contributed by atoms with van der Waals surface area (Å²) in [6, 6.07) is 11.6. The number of anilines is 1. The lowest BCUT2D eigenvalue weighted by Crippen LogP contribution is -2.40. The molecule has 0 aliphatic carbocycles. The van der Waals surface area contributed by atoms with Crippen LogP contribution in [0.15, 0.2) is 58.1 Å². The number of benzene rings is 1. The van der Waals surface area contributed by atoms with Crippen LogP contribution in [-0.2, 0) is 0 Å². The Bertz CT molecular complexity index is 1050. The second-order valence-electron chi connectivity index (χ2n) is 7.26. The zero-order valence-corrected chi connectivity index (χ0v) is 17.7. The molecule has 0 bridgehead atoms. The molecular formula is C21H20F3N5O2S. The third kappa shape index (κ3) is 5.58. The number of likely N-dealkylation sites (tertiary alicyclic amines) is 1. The minimum atomic E-state index is -4.28. The van der Waals surface area contributed by atoms with Crippen molar-refractivity contribution in [2.75, 3.05) is 24.2 Å². The van der Waals surface area contributed by atoms with E-state index in [-0.39, 0.29) is 11.9 Å². The monoisotopic (exact) mass is 463 g/mol. The van der Waals surface area contributed by atoms with Crippen LogP contribution in [0, 0.1) is 0 Å². The van der Waals surface area contributed by atoms with E-state index in [4.69, 9.17) is 4.52 Å². The molecule has 0 saturated carbocycles. The average molecular weight is 463 g/mol. The van der Waals surface area contributed by atoms with E-state index in [1.165, 1.54) is 0 Å². The van der Waals surface area contributed by atoms with Crippen LogP contribution >= 0.6 is 11.8 Å². The number of para-hydroxylation sites is 1. The van der Waals surface area contributed by atoms with Crippen molar-refractivity contribution >= 4 is 23.5 Å². The first-order valence-electron chi connectivity index (χ1n) is 9.98. The van der Waals surface area contributed by atoms with Gasteiger partial charge < -0.3 is 14.7 Å². The Hall–Kier alpha value is -3.08. The number of piperidine rings is 1. The number of rotatable bonds is 5. The van der Waals surface area contributed by atoms with Gasteiger partial charge in [0, 0.05) is 30.1 Å². The fourth-order valence-electron chi connectivity index (χ4n) is 3.38. The topological polar surface area (TPSA) is 84.2 Å². The molecule has 168 valence electrons. The number of alkyl halides is 3. The highest BCUT2D eigenvalue weighted by atomic mass is 32.2. The Morgan fingerprint density at radius 2 is 1.91 bits per heavy atom. The highest BCUT2D eigenvalue weighted by Gasteiger charge is 2.29. The summed E-state index contributed by atoms with van der Waals surface area (Å²) < 4.78 is 43.1. The molecule has 11 heteroatoms. The molecule has 32 heavy (non-hydrogen) atoms. The first kappa shape index (κ1) is 22.1. The highest BCUT2D eigenvalue weighted by Crippen LogP contribution is 2.33. The van der Waals surface area contributed by atoms with Crippen LogP contribution in [0.4, 0.5) is 23.7 Å². The number of amides is 2. The molecule has 0 radical (unpaired) electrons. The van der Waals surface area contributed by atoms with E-state index < -0.39 is 11.9 Å². The molecule has 3 heterocycles. The number of nitrogens with zero attached hydrogens (tertiary/aromatic N) is 4. The summed E-state index contributed by atoms with van der Waals surface area (Å²) in [4.78, 5) is 23.3. The molecule has 1 N–H and O–H groups in total. The van der Waals surface area contributed by atoms with E-state index in [0.29, 0.717) is 65.7 Å². The van der Waals surface area contributed by atoms with Crippen LogP contribution < -0.4 is 5.32 Å². The zero-order chi connectivity index (χ0) is 22.6. The molecule has 1 fully saturated rings. The number of pyridine rings is 1. The van der Waals surface area contributed by atoms with E-state index in [1.807, 2.05) is 6.07 Å². The van der Waals surface area contributed by atoms with Crippen LogP contribution in [-0.4, -0.2) is 51.1 Å². The lowest BCUT2D eigenvalue weighted by Gasteiger charge is -2.30. The van der Waals surface area contributed by atoms with Crippen molar-refractivity contribution in [2.45, 2.75) is 29.8 Å². The van der Waals surface area contributed by atoms with Gasteiger partial charge in [-0.2, -0.15) is 18.2 Å². The van der Waals surface area contributed by atoms with Crippen LogP contribution in [0.25, 0.3) is 11.5 Å². The fourth-order valence-corrected chi connectivity index (χ4v) is 4.15. The van der Waals surface area contributed by atoms with Gasteiger partial charge in [0.1, 0.15) is 5.69 Å². The number of nitrogens with one attached hydrogen (secondary N) is 1. The molecule has 1 aliphatic rings. The van der Waals surface area contributed by atoms with Crippen LogP contribution in [0.3, 0.4) is 0 Å². The normalized spacial score (nSPS) is 15.0. The summed E-state index contributed by atoms with van der Waals surface area (Å²) in [5, 5.41) is 6.73. The van der Waals surface area contributed by atoms with Gasteiger partial charge in [-0.1, -0.05) is 23.4 Å². The summed E-state index contributed by atoms with van der Waals surface area (Å²) >= 11 is 0.650. The Balaban J connectivity index is 1.33. The van der Waals surface area contributed by atoms with Gasteiger partial charge in [-0.25, -0.2) is 4.79 Å². The third-order valence-electron chi connectivity index (χ3n) is 4.99. The highest BCUT2D eigenvalue weighted by molar-refractivity contribution is 7.99. The predicted molar refractivity (Wildman–Crippen MR) is 113 cm³/mol. The number of thioether (sulfide) groups is 1. The predicted octanol–water partition coefficient (Wildman–Crippen LogP) is 5.20. The van der Waals surface area contributed by atoms with Crippen molar-refractivity contribution in [3.63, 3.8) is 0 Å². The number of urea groups is 1. The van der Waals surface area contributed by atoms with Gasteiger partial charge in [-0.3, -0.25) is 4.98 Å². The van der Waals surface area contributed by atoms with Crippen LogP contribution in [0.5, 0.6) is 0 Å². The molecule has 2 amide bonds. The second-order valence-corrected chi connectivity index (χ2v) is 8.28. The van der Waals surface area contributed by atoms with Crippen LogP contribution in [0.2, 0.25) is 0 Å². The quantitative estimate of drug-likeness (QED) is 0.524. The summed E-state index contributed by atoms with van der Waals surface area (Å²) in [5.41, 5.74) is 0.993. The second kappa shape index (κ2) is 9.60. The Labute approximate surface area is 186 Å². The molecule has 1 aliphatic heterocycles. The Kier molecular flexibility index (Phi) is 6.63. The molecule has 7 nitrogen and oxygen atoms in total. The molecule has 0 atom stereocenters. The molecule has 3 aromatic rings. The maximum Gasteiger partial charge on any atom is 0.398 e. The minimum Gasteiger partial charge on any atom is -0.339 e. The molecule has 4 rings (SSSR count). The van der Waals surface area contributed by atoms with Gasteiger partial charge in [0.2, 0.25) is 11.7 Å². The zero-order valence-electron chi connectivity index (χ0n) is 16.9. The minimum absolute atomic E-state index is 0.0265. The number of carbonyl (C=O) groups is 1. The first-order valence-corrected chi connectivity index (χ1v) is 11.0. The summed E-state index contributed by atoms with van der Waals surface area (Å²) in [5.74, 6) is -0.0531. The average Bonchev–Trinajstić information content (AvgIpc) is 3.29. The van der Waals surface area contributed by atoms with Crippen molar-refractivity contribution in [3.05, 3.63) is 54.6 Å². The Morgan fingerprint density at radius 3 is 2.62 bits per heavy atom. The molecular weight excluding hydrogens is 443 g/mol. The van der Waals surface area contributed by atoms with Gasteiger partial charge in [0.05, 0.1) is 11.4 Å². The van der Waals surface area contributed by atoms with Gasteiger partial charge in [-0.05, 0) is 37.1 Å². The maximum absolute atomic E-state index is 12.7. The third-order valence-corrected chi connectivity index (χ3v) is 6.13. The standard InChI is InChI=1S/C21H20F3N5O2S/c22-21(23,24)13-32-17-7-2-1-5-15(17)26-20(30)29-11-8-14(9-12-29)19-27-18(28-31-19)16-6-3-4-10-25-16/h1-7,10,14H,8-9,11-13H2,(H,26,30). The van der Waals surface area contributed by atoms with E-state index >= 15 is 0 Å². The van der Waals surface area contributed by atoms with E-state index in [9.17, 15) is 18.0 Å². The lowest BCUT2D eigenvalue weighted by atomic mass is 9.97. The molecule has 0 spiro atoms.